The van der Waals surface area contributed by atoms with Crippen LogP contribution in [0.4, 0.5) is 0 Å². The molecule has 0 bridgehead atoms. The molecule has 22 heavy (non-hydrogen) atoms. The maximum atomic E-state index is 11.7. The van der Waals surface area contributed by atoms with Crippen molar-refractivity contribution in [1.82, 2.24) is 15.5 Å². The number of benzene rings is 1. The number of aromatic nitrogens is 2. The van der Waals surface area contributed by atoms with Crippen LogP contribution in [0.3, 0.4) is 0 Å². The van der Waals surface area contributed by atoms with E-state index in [4.69, 9.17) is 19.0 Å². The summed E-state index contributed by atoms with van der Waals surface area (Å²) in [4.78, 5) is 11.7. The highest BCUT2D eigenvalue weighted by Gasteiger charge is 2.17. The molecule has 0 atom stereocenters. The van der Waals surface area contributed by atoms with Gasteiger partial charge in [-0.3, -0.25) is 4.79 Å². The fraction of sp³-hybridized carbons (Fsp3) is 0.357. The van der Waals surface area contributed by atoms with E-state index in [0.29, 0.717) is 36.8 Å². The molecule has 1 aromatic heterocycles. The van der Waals surface area contributed by atoms with E-state index in [0.717, 1.165) is 5.56 Å². The zero-order chi connectivity index (χ0) is 15.4. The van der Waals surface area contributed by atoms with Crippen molar-refractivity contribution in [2.45, 2.75) is 12.8 Å². The van der Waals surface area contributed by atoms with Crippen molar-refractivity contribution in [2.75, 3.05) is 19.9 Å². The maximum absolute atomic E-state index is 11.7. The Bertz CT molecular complexity index is 670. The molecule has 1 aliphatic rings. The first-order valence-electron chi connectivity index (χ1n) is 6.86. The van der Waals surface area contributed by atoms with Crippen LogP contribution in [0.15, 0.2) is 22.6 Å². The Balaban J connectivity index is 1.63. The fourth-order valence-corrected chi connectivity index (χ4v) is 2.00. The van der Waals surface area contributed by atoms with Crippen molar-refractivity contribution in [2.24, 2.45) is 0 Å². The zero-order valence-electron chi connectivity index (χ0n) is 11.7. The van der Waals surface area contributed by atoms with E-state index in [1.807, 2.05) is 18.2 Å². The second-order valence-corrected chi connectivity index (χ2v) is 4.70. The fourth-order valence-electron chi connectivity index (χ4n) is 2.00. The van der Waals surface area contributed by atoms with Crippen LogP contribution in [0.5, 0.6) is 11.5 Å². The summed E-state index contributed by atoms with van der Waals surface area (Å²) in [5.41, 5.74) is 0.917. The van der Waals surface area contributed by atoms with E-state index in [9.17, 15) is 4.79 Å². The summed E-state index contributed by atoms with van der Waals surface area (Å²) in [6.07, 6.45) is 0.873. The van der Waals surface area contributed by atoms with Crippen LogP contribution in [-0.2, 0) is 6.42 Å². The van der Waals surface area contributed by atoms with Gasteiger partial charge in [0.2, 0.25) is 12.7 Å². The third kappa shape index (κ3) is 3.17. The lowest BCUT2D eigenvalue weighted by atomic mass is 10.1. The number of hydrogen-bond acceptors (Lipinski definition) is 7. The van der Waals surface area contributed by atoms with Crippen LogP contribution in [0.25, 0.3) is 0 Å². The van der Waals surface area contributed by atoms with Gasteiger partial charge in [0.1, 0.15) is 0 Å². The molecule has 1 aromatic carbocycles. The first-order chi connectivity index (χ1) is 10.8. The number of aliphatic hydroxyl groups is 1. The average molecular weight is 305 g/mol. The number of carbonyl (C=O) groups is 1. The van der Waals surface area contributed by atoms with Crippen molar-refractivity contribution in [3.8, 4) is 11.5 Å². The highest BCUT2D eigenvalue weighted by Crippen LogP contribution is 2.32. The van der Waals surface area contributed by atoms with Gasteiger partial charge in [-0.2, -0.15) is 0 Å². The molecule has 2 heterocycles. The summed E-state index contributed by atoms with van der Waals surface area (Å²) < 4.78 is 15.9. The first-order valence-corrected chi connectivity index (χ1v) is 6.86. The predicted molar refractivity (Wildman–Crippen MR) is 73.7 cm³/mol. The van der Waals surface area contributed by atoms with Crippen molar-refractivity contribution < 1.29 is 23.8 Å². The van der Waals surface area contributed by atoms with Gasteiger partial charge in [-0.25, -0.2) is 0 Å². The van der Waals surface area contributed by atoms with Crippen molar-refractivity contribution in [1.29, 1.82) is 0 Å². The highest BCUT2D eigenvalue weighted by molar-refractivity contribution is 5.89. The third-order valence-electron chi connectivity index (χ3n) is 3.07. The molecule has 0 spiro atoms. The molecule has 3 rings (SSSR count). The average Bonchev–Trinajstić information content (AvgIpc) is 3.16. The molecular formula is C14H15N3O5. The Morgan fingerprint density at radius 1 is 1.27 bits per heavy atom. The van der Waals surface area contributed by atoms with Gasteiger partial charge in [0.15, 0.2) is 11.5 Å². The summed E-state index contributed by atoms with van der Waals surface area (Å²) >= 11 is 0. The highest BCUT2D eigenvalue weighted by atomic mass is 16.7. The number of aliphatic hydroxyl groups excluding tert-OH is 1. The van der Waals surface area contributed by atoms with Gasteiger partial charge >= 0.3 is 11.8 Å². The second-order valence-electron chi connectivity index (χ2n) is 4.70. The number of ether oxygens (including phenoxy) is 2. The lowest BCUT2D eigenvalue weighted by Crippen LogP contribution is -2.25. The number of nitrogens with zero attached hydrogens (tertiary/aromatic N) is 2. The third-order valence-corrected chi connectivity index (χ3v) is 3.07. The topological polar surface area (TPSA) is 107 Å². The summed E-state index contributed by atoms with van der Waals surface area (Å²) in [6.45, 7) is 0.589. The first kappa shape index (κ1) is 14.3. The summed E-state index contributed by atoms with van der Waals surface area (Å²) in [6, 6.07) is 5.53. The summed E-state index contributed by atoms with van der Waals surface area (Å²) in [7, 11) is 0. The van der Waals surface area contributed by atoms with Crippen LogP contribution in [0, 0.1) is 0 Å². The van der Waals surface area contributed by atoms with Gasteiger partial charge in [0.25, 0.3) is 0 Å². The molecule has 0 unspecified atom stereocenters. The van der Waals surface area contributed by atoms with E-state index in [1.54, 1.807) is 0 Å². The van der Waals surface area contributed by atoms with Gasteiger partial charge < -0.3 is 24.3 Å². The standard InChI is InChI=1S/C14H15N3O5/c18-5-1-4-15-13(19)14-17-16-12(22-14)7-9-2-3-10-11(6-9)21-8-20-10/h2-3,6,18H,1,4-5,7-8H2,(H,15,19). The smallest absolute Gasteiger partial charge is 0.308 e. The quantitative estimate of drug-likeness (QED) is 0.748. The minimum absolute atomic E-state index is 0.0134. The SMILES string of the molecule is O=C(NCCCO)c1nnc(Cc2ccc3c(c2)OCO3)o1. The monoisotopic (exact) mass is 305 g/mol. The van der Waals surface area contributed by atoms with Crippen molar-refractivity contribution in [3.05, 3.63) is 35.5 Å². The molecule has 0 fully saturated rings. The largest absolute Gasteiger partial charge is 0.454 e. The van der Waals surface area contributed by atoms with Crippen molar-refractivity contribution >= 4 is 5.91 Å². The summed E-state index contributed by atoms with van der Waals surface area (Å²) in [5.74, 6) is 1.19. The Morgan fingerprint density at radius 2 is 2.14 bits per heavy atom. The van der Waals surface area contributed by atoms with Crippen LogP contribution in [-0.4, -0.2) is 41.2 Å². The molecule has 8 heteroatoms. The zero-order valence-corrected chi connectivity index (χ0v) is 11.7. The van der Waals surface area contributed by atoms with Crippen LogP contribution >= 0.6 is 0 Å². The maximum Gasteiger partial charge on any atom is 0.308 e. The van der Waals surface area contributed by atoms with Gasteiger partial charge in [0.05, 0.1) is 6.42 Å². The van der Waals surface area contributed by atoms with E-state index in [-0.39, 0.29) is 19.3 Å². The molecule has 0 aliphatic carbocycles. The molecule has 0 saturated carbocycles. The normalized spacial score (nSPS) is 12.4. The van der Waals surface area contributed by atoms with E-state index < -0.39 is 5.91 Å². The Morgan fingerprint density at radius 3 is 3.00 bits per heavy atom. The predicted octanol–water partition coefficient (Wildman–Crippen LogP) is 0.501. The Hall–Kier alpha value is -2.61. The molecule has 0 saturated heterocycles. The van der Waals surface area contributed by atoms with Gasteiger partial charge in [-0.05, 0) is 24.1 Å². The van der Waals surface area contributed by atoms with Crippen LogP contribution < -0.4 is 14.8 Å². The number of rotatable bonds is 6. The minimum atomic E-state index is -0.446. The molecule has 8 nitrogen and oxygen atoms in total. The summed E-state index contributed by atoms with van der Waals surface area (Å²) in [5, 5.41) is 18.8. The van der Waals surface area contributed by atoms with Crippen molar-refractivity contribution in [3.63, 3.8) is 0 Å². The van der Waals surface area contributed by atoms with E-state index in [2.05, 4.69) is 15.5 Å². The Kier molecular flexibility index (Phi) is 4.19. The van der Waals surface area contributed by atoms with E-state index >= 15 is 0 Å². The number of fused-ring (bicyclic) bond motifs is 1. The molecule has 2 aromatic rings. The van der Waals surface area contributed by atoms with E-state index in [1.165, 1.54) is 0 Å². The Labute approximate surface area is 126 Å². The number of carbonyl (C=O) groups excluding carboxylic acids is 1. The molecule has 116 valence electrons. The second kappa shape index (κ2) is 6.44. The molecule has 1 amide bonds. The number of amides is 1. The number of nitrogens with one attached hydrogen (secondary N) is 1. The lowest BCUT2D eigenvalue weighted by Gasteiger charge is -2.00. The minimum Gasteiger partial charge on any atom is -0.454 e. The number of hydrogen-bond donors (Lipinski definition) is 2. The molecular weight excluding hydrogens is 290 g/mol. The molecule has 2 N–H and O–H groups in total. The van der Waals surface area contributed by atoms with Gasteiger partial charge in [-0.1, -0.05) is 6.07 Å². The van der Waals surface area contributed by atoms with Gasteiger partial charge in [0, 0.05) is 13.2 Å². The molecule has 0 radical (unpaired) electrons. The van der Waals surface area contributed by atoms with Crippen LogP contribution in [0.2, 0.25) is 0 Å². The van der Waals surface area contributed by atoms with Crippen LogP contribution in [0.1, 0.15) is 28.6 Å². The molecule has 1 aliphatic heterocycles. The lowest BCUT2D eigenvalue weighted by molar-refractivity contribution is 0.0914. The van der Waals surface area contributed by atoms with Gasteiger partial charge in [-0.15, -0.1) is 10.2 Å².